The number of nitrogens with one attached hydrogen (secondary N) is 1. The van der Waals surface area contributed by atoms with Crippen molar-refractivity contribution in [2.24, 2.45) is 0 Å². The normalized spacial score (nSPS) is 13.0. The molecule has 84 valence electrons. The molecule has 0 aliphatic rings. The minimum Gasteiger partial charge on any atom is -0.390 e. The Bertz CT molecular complexity index is 171. The van der Waals surface area contributed by atoms with E-state index in [2.05, 4.69) is 5.32 Å². The summed E-state index contributed by atoms with van der Waals surface area (Å²) in [5.41, 5.74) is 0. The van der Waals surface area contributed by atoms with E-state index in [-0.39, 0.29) is 12.5 Å². The summed E-state index contributed by atoms with van der Waals surface area (Å²) in [6, 6.07) is 0. The molecular weight excluding hydrogens is 182 g/mol. The van der Waals surface area contributed by atoms with Crippen LogP contribution in [0.2, 0.25) is 0 Å². The van der Waals surface area contributed by atoms with E-state index in [9.17, 15) is 9.90 Å². The van der Waals surface area contributed by atoms with Gasteiger partial charge in [0, 0.05) is 27.2 Å². The molecule has 1 unspecified atom stereocenters. The van der Waals surface area contributed by atoms with E-state index < -0.39 is 6.10 Å². The van der Waals surface area contributed by atoms with Crippen LogP contribution in [0.25, 0.3) is 0 Å². The molecule has 1 amide bonds. The molecule has 0 bridgehead atoms. The molecule has 0 aromatic heterocycles. The van der Waals surface area contributed by atoms with E-state index in [1.165, 1.54) is 4.90 Å². The number of aliphatic hydroxyl groups excluding tert-OH is 1. The summed E-state index contributed by atoms with van der Waals surface area (Å²) in [6.07, 6.45) is -0.431. The maximum atomic E-state index is 11.1. The Morgan fingerprint density at radius 1 is 1.36 bits per heavy atom. The summed E-state index contributed by atoms with van der Waals surface area (Å²) in [4.78, 5) is 14.5. The molecule has 0 spiro atoms. The fourth-order valence-electron chi connectivity index (χ4n) is 0.990. The third-order valence-electron chi connectivity index (χ3n) is 1.73. The Balaban J connectivity index is 3.49. The SMILES string of the molecule is CN(C)CC(O)CNCC(=O)N(C)C. The van der Waals surface area contributed by atoms with Crippen LogP contribution < -0.4 is 5.32 Å². The average Bonchev–Trinajstić information content (AvgIpc) is 2.02. The van der Waals surface area contributed by atoms with Crippen molar-refractivity contribution in [2.75, 3.05) is 47.8 Å². The van der Waals surface area contributed by atoms with Crippen LogP contribution in [0.3, 0.4) is 0 Å². The number of likely N-dealkylation sites (N-methyl/N-ethyl adjacent to an activating group) is 2. The number of amides is 1. The molecule has 0 fully saturated rings. The fourth-order valence-corrected chi connectivity index (χ4v) is 0.990. The van der Waals surface area contributed by atoms with Gasteiger partial charge >= 0.3 is 0 Å². The Kier molecular flexibility index (Phi) is 6.44. The molecule has 0 saturated carbocycles. The van der Waals surface area contributed by atoms with Crippen LogP contribution in [0, 0.1) is 0 Å². The lowest BCUT2D eigenvalue weighted by molar-refractivity contribution is -0.127. The molecule has 0 rings (SSSR count). The van der Waals surface area contributed by atoms with Gasteiger partial charge in [0.1, 0.15) is 0 Å². The second-order valence-corrected chi connectivity index (χ2v) is 3.84. The van der Waals surface area contributed by atoms with E-state index in [4.69, 9.17) is 0 Å². The summed E-state index contributed by atoms with van der Waals surface area (Å²) < 4.78 is 0. The van der Waals surface area contributed by atoms with Crippen LogP contribution in [0.4, 0.5) is 0 Å². The Labute approximate surface area is 85.7 Å². The maximum Gasteiger partial charge on any atom is 0.236 e. The quantitative estimate of drug-likeness (QED) is 0.557. The number of rotatable bonds is 6. The van der Waals surface area contributed by atoms with Crippen molar-refractivity contribution in [1.29, 1.82) is 0 Å². The first-order valence-corrected chi connectivity index (χ1v) is 4.67. The maximum absolute atomic E-state index is 11.1. The predicted molar refractivity (Wildman–Crippen MR) is 56.1 cm³/mol. The minimum absolute atomic E-state index is 0.0158. The van der Waals surface area contributed by atoms with Crippen molar-refractivity contribution < 1.29 is 9.90 Å². The molecule has 0 aromatic rings. The van der Waals surface area contributed by atoms with Crippen LogP contribution in [-0.4, -0.2) is 74.7 Å². The van der Waals surface area contributed by atoms with Crippen LogP contribution >= 0.6 is 0 Å². The lowest BCUT2D eigenvalue weighted by Gasteiger charge is -2.17. The molecule has 14 heavy (non-hydrogen) atoms. The predicted octanol–water partition coefficient (Wildman–Crippen LogP) is -1.41. The number of hydrogen-bond donors (Lipinski definition) is 2. The first-order chi connectivity index (χ1) is 6.43. The second kappa shape index (κ2) is 6.75. The van der Waals surface area contributed by atoms with Gasteiger partial charge in [-0.1, -0.05) is 0 Å². The smallest absolute Gasteiger partial charge is 0.236 e. The topological polar surface area (TPSA) is 55.8 Å². The Morgan fingerprint density at radius 3 is 2.36 bits per heavy atom. The molecule has 2 N–H and O–H groups in total. The molecule has 0 heterocycles. The molecule has 5 nitrogen and oxygen atoms in total. The average molecular weight is 203 g/mol. The molecular formula is C9H21N3O2. The van der Waals surface area contributed by atoms with Crippen LogP contribution in [0.1, 0.15) is 0 Å². The fraction of sp³-hybridized carbons (Fsp3) is 0.889. The third kappa shape index (κ3) is 6.82. The van der Waals surface area contributed by atoms with Crippen molar-refractivity contribution in [1.82, 2.24) is 15.1 Å². The Morgan fingerprint density at radius 2 is 1.93 bits per heavy atom. The van der Waals surface area contributed by atoms with Gasteiger partial charge < -0.3 is 20.2 Å². The van der Waals surface area contributed by atoms with Gasteiger partial charge in [-0.05, 0) is 14.1 Å². The first-order valence-electron chi connectivity index (χ1n) is 4.67. The van der Waals surface area contributed by atoms with Crippen molar-refractivity contribution in [3.63, 3.8) is 0 Å². The zero-order valence-electron chi connectivity index (χ0n) is 9.45. The first kappa shape index (κ1) is 13.4. The molecule has 1 atom stereocenters. The zero-order chi connectivity index (χ0) is 11.1. The molecule has 0 aliphatic heterocycles. The van der Waals surface area contributed by atoms with Crippen molar-refractivity contribution >= 4 is 5.91 Å². The summed E-state index contributed by atoms with van der Waals surface area (Å²) in [7, 11) is 7.21. The highest BCUT2D eigenvalue weighted by Gasteiger charge is 2.07. The molecule has 0 aliphatic carbocycles. The lowest BCUT2D eigenvalue weighted by Crippen LogP contribution is -2.39. The molecule has 0 saturated heterocycles. The van der Waals surface area contributed by atoms with Gasteiger partial charge in [0.15, 0.2) is 0 Å². The number of carbonyl (C=O) groups is 1. The number of hydrogen-bond acceptors (Lipinski definition) is 4. The van der Waals surface area contributed by atoms with E-state index in [1.807, 2.05) is 19.0 Å². The van der Waals surface area contributed by atoms with E-state index in [1.54, 1.807) is 14.1 Å². The number of aliphatic hydroxyl groups is 1. The van der Waals surface area contributed by atoms with Gasteiger partial charge in [-0.25, -0.2) is 0 Å². The van der Waals surface area contributed by atoms with Crippen molar-refractivity contribution in [3.8, 4) is 0 Å². The van der Waals surface area contributed by atoms with E-state index in [0.717, 1.165) is 0 Å². The van der Waals surface area contributed by atoms with Gasteiger partial charge in [-0.2, -0.15) is 0 Å². The zero-order valence-corrected chi connectivity index (χ0v) is 9.45. The molecule has 0 radical (unpaired) electrons. The highest BCUT2D eigenvalue weighted by Crippen LogP contribution is 1.84. The summed E-state index contributed by atoms with van der Waals surface area (Å²) in [6.45, 7) is 1.32. The van der Waals surface area contributed by atoms with Crippen molar-refractivity contribution in [2.45, 2.75) is 6.10 Å². The molecule has 5 heteroatoms. The van der Waals surface area contributed by atoms with Crippen LogP contribution in [-0.2, 0) is 4.79 Å². The molecule has 0 aromatic carbocycles. The highest BCUT2D eigenvalue weighted by atomic mass is 16.3. The highest BCUT2D eigenvalue weighted by molar-refractivity contribution is 5.77. The standard InChI is InChI=1S/C9H21N3O2/c1-11(2)7-8(13)5-10-6-9(14)12(3)4/h8,10,13H,5-7H2,1-4H3. The second-order valence-electron chi connectivity index (χ2n) is 3.84. The van der Waals surface area contributed by atoms with Gasteiger partial charge in [-0.15, -0.1) is 0 Å². The van der Waals surface area contributed by atoms with Gasteiger partial charge in [0.2, 0.25) is 5.91 Å². The van der Waals surface area contributed by atoms with Gasteiger partial charge in [-0.3, -0.25) is 4.79 Å². The minimum atomic E-state index is -0.431. The van der Waals surface area contributed by atoms with Gasteiger partial charge in [0.05, 0.1) is 12.6 Å². The number of nitrogens with zero attached hydrogens (tertiary/aromatic N) is 2. The van der Waals surface area contributed by atoms with E-state index in [0.29, 0.717) is 13.1 Å². The summed E-state index contributed by atoms with van der Waals surface area (Å²) in [5, 5.41) is 12.3. The van der Waals surface area contributed by atoms with Gasteiger partial charge in [0.25, 0.3) is 0 Å². The monoisotopic (exact) mass is 203 g/mol. The van der Waals surface area contributed by atoms with Crippen LogP contribution in [0.15, 0.2) is 0 Å². The Hall–Kier alpha value is -0.650. The lowest BCUT2D eigenvalue weighted by atomic mass is 10.3. The van der Waals surface area contributed by atoms with Crippen molar-refractivity contribution in [3.05, 3.63) is 0 Å². The van der Waals surface area contributed by atoms with E-state index >= 15 is 0 Å². The number of carbonyl (C=O) groups excluding carboxylic acids is 1. The largest absolute Gasteiger partial charge is 0.390 e. The summed E-state index contributed by atoms with van der Waals surface area (Å²) >= 11 is 0. The third-order valence-corrected chi connectivity index (χ3v) is 1.73. The summed E-state index contributed by atoms with van der Waals surface area (Å²) in [5.74, 6) is 0.0158. The van der Waals surface area contributed by atoms with Crippen LogP contribution in [0.5, 0.6) is 0 Å².